The number of piperidine rings is 1. The van der Waals surface area contributed by atoms with E-state index in [0.717, 1.165) is 68.8 Å². The summed E-state index contributed by atoms with van der Waals surface area (Å²) in [5, 5.41) is 7.09. The number of fused-ring (bicyclic) bond motifs is 1. The van der Waals surface area contributed by atoms with Crippen LogP contribution in [0.2, 0.25) is 0 Å². The zero-order valence-electron chi connectivity index (χ0n) is 22.7. The summed E-state index contributed by atoms with van der Waals surface area (Å²) >= 11 is 0. The third kappa shape index (κ3) is 4.53. The Hall–Kier alpha value is -3.45. The zero-order chi connectivity index (χ0) is 26.3. The molecule has 2 aliphatic heterocycles. The van der Waals surface area contributed by atoms with Crippen molar-refractivity contribution in [3.63, 3.8) is 0 Å². The first-order valence-electron chi connectivity index (χ1n) is 14.0. The number of hydrogen-bond acceptors (Lipinski definition) is 6. The number of nitrogens with one attached hydrogen (secondary N) is 2. The monoisotopic (exact) mass is 510 g/mol. The van der Waals surface area contributed by atoms with Gasteiger partial charge in [0.05, 0.1) is 5.41 Å². The van der Waals surface area contributed by atoms with Crippen molar-refractivity contribution < 1.29 is 4.79 Å². The molecular weight excluding hydrogens is 472 g/mol. The van der Waals surface area contributed by atoms with E-state index in [1.54, 1.807) is 0 Å². The lowest BCUT2D eigenvalue weighted by atomic mass is 9.88. The van der Waals surface area contributed by atoms with Gasteiger partial charge in [-0.2, -0.15) is 4.98 Å². The molecule has 0 spiro atoms. The highest BCUT2D eigenvalue weighted by molar-refractivity contribution is 6.08. The highest BCUT2D eigenvalue weighted by atomic mass is 16.2. The summed E-state index contributed by atoms with van der Waals surface area (Å²) in [6.07, 6.45) is 7.16. The van der Waals surface area contributed by atoms with Crippen LogP contribution >= 0.6 is 0 Å². The third-order valence-electron chi connectivity index (χ3n) is 8.77. The minimum Gasteiger partial charge on any atom is -0.371 e. The van der Waals surface area contributed by atoms with Gasteiger partial charge in [0, 0.05) is 54.4 Å². The van der Waals surface area contributed by atoms with Gasteiger partial charge in [0.2, 0.25) is 11.9 Å². The molecule has 0 atom stereocenters. The summed E-state index contributed by atoms with van der Waals surface area (Å²) in [6, 6.07) is 19.7. The molecular formula is C31H38N6O. The van der Waals surface area contributed by atoms with Crippen LogP contribution in [0.15, 0.2) is 60.8 Å². The van der Waals surface area contributed by atoms with Crippen LogP contribution in [0.4, 0.5) is 23.1 Å². The van der Waals surface area contributed by atoms with Crippen LogP contribution in [0.3, 0.4) is 0 Å². The van der Waals surface area contributed by atoms with E-state index in [-0.39, 0.29) is 11.4 Å². The Labute approximate surface area is 225 Å². The summed E-state index contributed by atoms with van der Waals surface area (Å²) in [5.41, 5.74) is 3.78. The minimum absolute atomic E-state index is 0.0714. The number of carbonyl (C=O) groups excluding carboxylic acids is 1. The van der Waals surface area contributed by atoms with Crippen molar-refractivity contribution in [1.82, 2.24) is 15.3 Å². The second-order valence-corrected chi connectivity index (χ2v) is 11.6. The Morgan fingerprint density at radius 2 is 1.71 bits per heavy atom. The maximum atomic E-state index is 13.3. The van der Waals surface area contributed by atoms with Crippen molar-refractivity contribution in [3.05, 3.63) is 71.9 Å². The summed E-state index contributed by atoms with van der Waals surface area (Å²) in [5.74, 6) is 1.44. The first-order valence-corrected chi connectivity index (χ1v) is 14.0. The van der Waals surface area contributed by atoms with Crippen LogP contribution in [0.5, 0.6) is 0 Å². The van der Waals surface area contributed by atoms with E-state index in [9.17, 15) is 4.79 Å². The highest BCUT2D eigenvalue weighted by Gasteiger charge is 2.57. The molecule has 6 rings (SSSR count). The quantitative estimate of drug-likeness (QED) is 0.414. The van der Waals surface area contributed by atoms with Crippen molar-refractivity contribution in [1.29, 1.82) is 0 Å². The van der Waals surface area contributed by atoms with Gasteiger partial charge in [-0.25, -0.2) is 4.98 Å². The predicted molar refractivity (Wildman–Crippen MR) is 153 cm³/mol. The molecule has 0 bridgehead atoms. The second-order valence-electron chi connectivity index (χ2n) is 11.6. The Morgan fingerprint density at radius 3 is 2.37 bits per heavy atom. The molecule has 1 amide bonds. The average Bonchev–Trinajstić information content (AvgIpc) is 3.71. The maximum absolute atomic E-state index is 13.3. The van der Waals surface area contributed by atoms with Gasteiger partial charge in [-0.1, -0.05) is 37.3 Å². The first-order chi connectivity index (χ1) is 18.4. The third-order valence-corrected chi connectivity index (χ3v) is 8.77. The molecule has 2 fully saturated rings. The summed E-state index contributed by atoms with van der Waals surface area (Å²) in [7, 11) is 0. The molecule has 1 saturated heterocycles. The number of benzene rings is 2. The molecule has 2 N–H and O–H groups in total. The van der Waals surface area contributed by atoms with E-state index in [0.29, 0.717) is 12.0 Å². The normalized spacial score (nSPS) is 19.9. The summed E-state index contributed by atoms with van der Waals surface area (Å²) < 4.78 is 0. The molecule has 198 valence electrons. The van der Waals surface area contributed by atoms with Crippen LogP contribution in [0.1, 0.15) is 64.0 Å². The fourth-order valence-corrected chi connectivity index (χ4v) is 5.93. The number of aromatic nitrogens is 2. The van der Waals surface area contributed by atoms with Crippen LogP contribution in [-0.2, 0) is 16.8 Å². The van der Waals surface area contributed by atoms with Gasteiger partial charge in [0.25, 0.3) is 0 Å². The van der Waals surface area contributed by atoms with Crippen LogP contribution in [-0.4, -0.2) is 40.5 Å². The molecule has 1 aromatic heterocycles. The highest BCUT2D eigenvalue weighted by Crippen LogP contribution is 2.53. The molecule has 38 heavy (non-hydrogen) atoms. The lowest BCUT2D eigenvalue weighted by molar-refractivity contribution is -0.122. The lowest BCUT2D eigenvalue weighted by Crippen LogP contribution is -2.44. The van der Waals surface area contributed by atoms with E-state index in [1.807, 2.05) is 24.9 Å². The van der Waals surface area contributed by atoms with Gasteiger partial charge in [0.15, 0.2) is 0 Å². The van der Waals surface area contributed by atoms with Gasteiger partial charge in [-0.05, 0) is 75.8 Å². The molecule has 7 nitrogen and oxygen atoms in total. The van der Waals surface area contributed by atoms with Gasteiger partial charge >= 0.3 is 0 Å². The predicted octanol–water partition coefficient (Wildman–Crippen LogP) is 5.55. The van der Waals surface area contributed by atoms with Gasteiger partial charge in [-0.15, -0.1) is 0 Å². The standard InChI is InChI=1S/C31H38N6O/c1-4-31(16-17-31)37-27-26(30(2,3)28(37)38)21-33-29(35-27)34-24-12-10-22(11-13-24)20-32-23-14-18-36(19-15-23)25-8-6-5-7-9-25/h5-13,21,23,32H,4,14-20H2,1-3H3,(H,33,34,35). The average molecular weight is 511 g/mol. The van der Waals surface area contributed by atoms with Crippen molar-refractivity contribution >= 4 is 29.0 Å². The molecule has 1 aliphatic carbocycles. The van der Waals surface area contributed by atoms with Gasteiger partial charge in [-0.3, -0.25) is 9.69 Å². The SMILES string of the molecule is CCC1(N2C(=O)C(C)(C)c3cnc(Nc4ccc(CNC5CCN(c6ccccc6)CC5)cc4)nc32)CC1. The number of amides is 1. The van der Waals surface area contributed by atoms with Crippen molar-refractivity contribution in [2.45, 2.75) is 76.4 Å². The Morgan fingerprint density at radius 1 is 1.00 bits per heavy atom. The molecule has 0 radical (unpaired) electrons. The van der Waals surface area contributed by atoms with E-state index < -0.39 is 5.41 Å². The number of anilines is 4. The number of rotatable bonds is 8. The molecule has 3 heterocycles. The zero-order valence-corrected chi connectivity index (χ0v) is 22.7. The molecule has 1 saturated carbocycles. The lowest BCUT2D eigenvalue weighted by Gasteiger charge is -2.34. The van der Waals surface area contributed by atoms with Crippen molar-refractivity contribution in [3.8, 4) is 0 Å². The summed E-state index contributed by atoms with van der Waals surface area (Å²) in [4.78, 5) is 27.2. The second kappa shape index (κ2) is 9.70. The number of carbonyl (C=O) groups is 1. The van der Waals surface area contributed by atoms with E-state index >= 15 is 0 Å². The smallest absolute Gasteiger partial charge is 0.238 e. The molecule has 7 heteroatoms. The summed E-state index contributed by atoms with van der Waals surface area (Å²) in [6.45, 7) is 9.16. The van der Waals surface area contributed by atoms with Crippen LogP contribution in [0.25, 0.3) is 0 Å². The van der Waals surface area contributed by atoms with Crippen molar-refractivity contribution in [2.75, 3.05) is 28.2 Å². The number of para-hydroxylation sites is 1. The fraction of sp³-hybridized carbons (Fsp3) is 0.452. The number of hydrogen-bond donors (Lipinski definition) is 2. The van der Waals surface area contributed by atoms with Gasteiger partial charge in [0.1, 0.15) is 5.82 Å². The van der Waals surface area contributed by atoms with Crippen molar-refractivity contribution in [2.24, 2.45) is 0 Å². The van der Waals surface area contributed by atoms with E-state index in [2.05, 4.69) is 82.0 Å². The van der Waals surface area contributed by atoms with Gasteiger partial charge < -0.3 is 15.5 Å². The Kier molecular flexibility index (Phi) is 6.34. The largest absolute Gasteiger partial charge is 0.371 e. The maximum Gasteiger partial charge on any atom is 0.238 e. The van der Waals surface area contributed by atoms with E-state index in [4.69, 9.17) is 4.98 Å². The molecule has 2 aromatic carbocycles. The van der Waals surface area contributed by atoms with Crippen LogP contribution in [0, 0.1) is 0 Å². The Bertz CT molecular complexity index is 1290. The van der Waals surface area contributed by atoms with Crippen LogP contribution < -0.4 is 20.4 Å². The Balaban J connectivity index is 1.06. The molecule has 3 aliphatic rings. The van der Waals surface area contributed by atoms with E-state index in [1.165, 1.54) is 11.3 Å². The topological polar surface area (TPSA) is 73.4 Å². The minimum atomic E-state index is -0.592. The molecule has 0 unspecified atom stereocenters. The first kappa shape index (κ1) is 24.9. The molecule has 3 aromatic rings. The number of nitrogens with zero attached hydrogens (tertiary/aromatic N) is 4. The fourth-order valence-electron chi connectivity index (χ4n) is 5.93.